The summed E-state index contributed by atoms with van der Waals surface area (Å²) in [6, 6.07) is 10.4. The van der Waals surface area contributed by atoms with Gasteiger partial charge < -0.3 is 20.9 Å². The van der Waals surface area contributed by atoms with Crippen molar-refractivity contribution >= 4 is 39.7 Å². The van der Waals surface area contributed by atoms with E-state index in [2.05, 4.69) is 26.8 Å². The van der Waals surface area contributed by atoms with Crippen LogP contribution in [0, 0.1) is 11.3 Å². The molecule has 31 heavy (non-hydrogen) atoms. The van der Waals surface area contributed by atoms with Crippen molar-refractivity contribution in [2.24, 2.45) is 5.73 Å². The maximum absolute atomic E-state index is 11.9. The van der Waals surface area contributed by atoms with E-state index in [1.807, 2.05) is 37.3 Å². The Labute approximate surface area is 184 Å². The maximum atomic E-state index is 11.9. The lowest BCUT2D eigenvalue weighted by Crippen LogP contribution is -2.09. The van der Waals surface area contributed by atoms with Crippen molar-refractivity contribution in [1.82, 2.24) is 14.6 Å². The molecular weight excluding hydrogens is 410 g/mol. The van der Waals surface area contributed by atoms with Gasteiger partial charge in [-0.1, -0.05) is 23.3 Å². The summed E-state index contributed by atoms with van der Waals surface area (Å²) >= 11 is -0.983. The van der Waals surface area contributed by atoms with E-state index in [1.54, 1.807) is 10.8 Å². The molecule has 0 spiro atoms. The molecule has 1 unspecified atom stereocenters. The fraction of sp³-hybridized carbons (Fsp3) is 0.318. The molecule has 4 N–H and O–H groups in total. The summed E-state index contributed by atoms with van der Waals surface area (Å²) < 4.78 is 13.6. The second kappa shape index (κ2) is 8.98. The van der Waals surface area contributed by atoms with Gasteiger partial charge in [0.05, 0.1) is 12.5 Å². The molecule has 8 nitrogen and oxygen atoms in total. The van der Waals surface area contributed by atoms with Crippen LogP contribution in [0.25, 0.3) is 11.2 Å². The van der Waals surface area contributed by atoms with Crippen molar-refractivity contribution in [3.63, 3.8) is 0 Å². The van der Waals surface area contributed by atoms with E-state index in [1.165, 1.54) is 6.20 Å². The zero-order chi connectivity index (χ0) is 22.0. The number of hydrogen-bond donors (Lipinski definition) is 3. The van der Waals surface area contributed by atoms with Gasteiger partial charge in [-0.15, -0.1) is 0 Å². The minimum absolute atomic E-state index is 0.419. The Morgan fingerprint density at radius 1 is 1.42 bits per heavy atom. The number of benzene rings is 1. The molecule has 0 aliphatic heterocycles. The van der Waals surface area contributed by atoms with Gasteiger partial charge in [-0.05, 0) is 43.0 Å². The third-order valence-electron chi connectivity index (χ3n) is 5.11. The monoisotopic (exact) mass is 435 g/mol. The molecule has 1 aliphatic carbocycles. The zero-order valence-electron chi connectivity index (χ0n) is 17.6. The predicted octanol–water partition coefficient (Wildman–Crippen LogP) is 3.16. The summed E-state index contributed by atoms with van der Waals surface area (Å²) in [4.78, 5) is 4.61. The molecule has 160 valence electrons. The molecule has 0 bridgehead atoms. The van der Waals surface area contributed by atoms with E-state index in [-0.39, 0.29) is 0 Å². The Morgan fingerprint density at radius 3 is 2.90 bits per heavy atom. The summed E-state index contributed by atoms with van der Waals surface area (Å²) in [6.45, 7) is 2.46. The van der Waals surface area contributed by atoms with Crippen molar-refractivity contribution in [2.45, 2.75) is 31.6 Å². The highest BCUT2D eigenvalue weighted by atomic mass is 32.2. The van der Waals surface area contributed by atoms with Crippen molar-refractivity contribution in [2.75, 3.05) is 23.4 Å². The number of nitrogens with two attached hydrogens (primary N) is 1. The highest BCUT2D eigenvalue weighted by Crippen LogP contribution is 2.29. The average Bonchev–Trinajstić information content (AvgIpc) is 3.44. The number of aromatic nitrogens is 3. The first-order chi connectivity index (χ1) is 15.0. The molecule has 0 saturated heterocycles. The van der Waals surface area contributed by atoms with E-state index in [0.717, 1.165) is 41.0 Å². The molecular formula is C22H25N7OS. The van der Waals surface area contributed by atoms with Crippen molar-refractivity contribution in [1.29, 1.82) is 5.26 Å². The summed E-state index contributed by atoms with van der Waals surface area (Å²) in [6.07, 6.45) is 7.42. The smallest absolute Gasteiger partial charge is 0.177 e. The minimum Gasteiger partial charge on any atom is -0.616 e. The Hall–Kier alpha value is -3.06. The van der Waals surface area contributed by atoms with E-state index >= 15 is 0 Å². The zero-order valence-corrected chi connectivity index (χ0v) is 18.4. The van der Waals surface area contributed by atoms with E-state index < -0.39 is 11.2 Å². The molecule has 1 aromatic carbocycles. The average molecular weight is 436 g/mol. The molecule has 0 radical (unpaired) electrons. The van der Waals surface area contributed by atoms with Gasteiger partial charge in [-0.2, -0.15) is 14.9 Å². The molecule has 1 saturated carbocycles. The summed E-state index contributed by atoms with van der Waals surface area (Å²) in [5.41, 5.74) is 10.5. The Kier molecular flexibility index (Phi) is 6.13. The number of hydrogen-bond acceptors (Lipinski definition) is 7. The molecule has 1 fully saturated rings. The summed E-state index contributed by atoms with van der Waals surface area (Å²) in [5, 5.41) is 20.5. The SMILES string of the molecule is CC(=CCN)c1ccc(Nc2cc(NC3CC3)n3ncc(C#N)c3n2)cc1C[S+](C)[O-]. The number of anilines is 3. The third kappa shape index (κ3) is 4.82. The van der Waals surface area contributed by atoms with Crippen LogP contribution in [0.2, 0.25) is 0 Å². The van der Waals surface area contributed by atoms with Gasteiger partial charge in [0.15, 0.2) is 5.65 Å². The number of rotatable bonds is 8. The third-order valence-corrected chi connectivity index (χ3v) is 5.82. The lowest BCUT2D eigenvalue weighted by molar-refractivity contribution is 0.600. The second-order valence-electron chi connectivity index (χ2n) is 7.69. The van der Waals surface area contributed by atoms with Gasteiger partial charge in [0.2, 0.25) is 0 Å². The normalized spacial score (nSPS) is 15.0. The van der Waals surface area contributed by atoms with E-state index in [0.29, 0.717) is 35.4 Å². The molecule has 4 rings (SSSR count). The Morgan fingerprint density at radius 2 is 2.23 bits per heavy atom. The van der Waals surface area contributed by atoms with Crippen LogP contribution in [0.1, 0.15) is 36.5 Å². The molecule has 0 amide bonds. The number of fused-ring (bicyclic) bond motifs is 1. The fourth-order valence-electron chi connectivity index (χ4n) is 3.47. The van der Waals surface area contributed by atoms with Gasteiger partial charge in [0.25, 0.3) is 0 Å². The van der Waals surface area contributed by atoms with Crippen LogP contribution in [-0.4, -0.2) is 38.0 Å². The van der Waals surface area contributed by atoms with Crippen LogP contribution >= 0.6 is 0 Å². The molecule has 1 aliphatic rings. The molecule has 1 atom stereocenters. The molecule has 3 aromatic rings. The maximum Gasteiger partial charge on any atom is 0.177 e. The fourth-order valence-corrected chi connectivity index (χ4v) is 4.15. The second-order valence-corrected chi connectivity index (χ2v) is 9.12. The lowest BCUT2D eigenvalue weighted by Gasteiger charge is -2.15. The highest BCUT2D eigenvalue weighted by Gasteiger charge is 2.23. The largest absolute Gasteiger partial charge is 0.616 e. The van der Waals surface area contributed by atoms with Crippen LogP contribution in [0.5, 0.6) is 0 Å². The number of nitrogens with one attached hydrogen (secondary N) is 2. The Bertz CT molecular complexity index is 1170. The van der Waals surface area contributed by atoms with Gasteiger partial charge >= 0.3 is 0 Å². The predicted molar refractivity (Wildman–Crippen MR) is 125 cm³/mol. The van der Waals surface area contributed by atoms with Crippen molar-refractivity contribution < 1.29 is 4.55 Å². The van der Waals surface area contributed by atoms with Crippen molar-refractivity contribution in [3.05, 3.63) is 53.2 Å². The van der Waals surface area contributed by atoms with Gasteiger partial charge in [0, 0.05) is 29.9 Å². The van der Waals surface area contributed by atoms with E-state index in [9.17, 15) is 9.81 Å². The van der Waals surface area contributed by atoms with Crippen LogP contribution < -0.4 is 16.4 Å². The summed E-state index contributed by atoms with van der Waals surface area (Å²) in [7, 11) is 0. The Balaban J connectivity index is 1.71. The van der Waals surface area contributed by atoms with Crippen LogP contribution in [-0.2, 0) is 16.9 Å². The van der Waals surface area contributed by atoms with Gasteiger partial charge in [-0.25, -0.2) is 4.98 Å². The van der Waals surface area contributed by atoms with Crippen LogP contribution in [0.15, 0.2) is 36.5 Å². The first kappa shape index (κ1) is 21.2. The van der Waals surface area contributed by atoms with Crippen molar-refractivity contribution in [3.8, 4) is 6.07 Å². The van der Waals surface area contributed by atoms with Gasteiger partial charge in [0.1, 0.15) is 29.0 Å². The molecule has 9 heteroatoms. The summed E-state index contributed by atoms with van der Waals surface area (Å²) in [5.74, 6) is 1.85. The van der Waals surface area contributed by atoms with Crippen LogP contribution in [0.4, 0.5) is 17.3 Å². The highest BCUT2D eigenvalue weighted by molar-refractivity contribution is 7.89. The quantitative estimate of drug-likeness (QED) is 0.464. The first-order valence-corrected chi connectivity index (χ1v) is 11.8. The first-order valence-electron chi connectivity index (χ1n) is 10.1. The van der Waals surface area contributed by atoms with E-state index in [4.69, 9.17) is 5.73 Å². The van der Waals surface area contributed by atoms with Gasteiger partial charge in [-0.3, -0.25) is 0 Å². The van der Waals surface area contributed by atoms with Crippen LogP contribution in [0.3, 0.4) is 0 Å². The molecule has 2 heterocycles. The molecule has 2 aromatic heterocycles. The number of nitriles is 1. The number of nitrogens with zero attached hydrogens (tertiary/aromatic N) is 4. The lowest BCUT2D eigenvalue weighted by atomic mass is 10.0. The minimum atomic E-state index is -0.983. The topological polar surface area (TPSA) is 127 Å². The standard InChI is InChI=1S/C22H25N7OS/c1-14(7-8-23)19-6-5-18(9-15(19)13-31(2)30)26-20-10-21(27-17-3-4-17)29-22(28-20)16(11-24)12-25-29/h5-7,9-10,12,17,27H,3-4,8,13,23H2,1-2H3,(H,26,28). The number of allylic oxidation sites excluding steroid dienone is 1.